The van der Waals surface area contributed by atoms with Gasteiger partial charge in [-0.3, -0.25) is 0 Å². The quantitative estimate of drug-likeness (QED) is 0.751. The van der Waals surface area contributed by atoms with Gasteiger partial charge in [0, 0.05) is 17.9 Å². The second kappa shape index (κ2) is 2.49. The van der Waals surface area contributed by atoms with Crippen LogP contribution in [-0.2, 0) is 0 Å². The lowest BCUT2D eigenvalue weighted by molar-refractivity contribution is 1.13. The lowest BCUT2D eigenvalue weighted by Gasteiger charge is -2.03. The van der Waals surface area contributed by atoms with E-state index in [2.05, 4.69) is 22.4 Å². The van der Waals surface area contributed by atoms with Crippen molar-refractivity contribution in [3.8, 4) is 0 Å². The number of hydrogen-bond donors (Lipinski definition) is 1. The Morgan fingerprint density at radius 1 is 1.46 bits per heavy atom. The molecule has 0 amide bonds. The van der Waals surface area contributed by atoms with Crippen LogP contribution in [0.1, 0.15) is 12.8 Å². The molecule has 3 rings (SSSR count). The van der Waals surface area contributed by atoms with Crippen molar-refractivity contribution in [2.75, 3.05) is 5.32 Å². The van der Waals surface area contributed by atoms with E-state index in [-0.39, 0.29) is 0 Å². The molecule has 1 aliphatic carbocycles. The third-order valence-electron chi connectivity index (χ3n) is 2.36. The topological polar surface area (TPSA) is 29.3 Å². The molecule has 1 aliphatic rings. The lowest BCUT2D eigenvalue weighted by Crippen LogP contribution is -2.00. The van der Waals surface area contributed by atoms with Crippen LogP contribution >= 0.6 is 0 Å². The second-order valence-electron chi connectivity index (χ2n) is 3.56. The van der Waals surface area contributed by atoms with Gasteiger partial charge in [0.15, 0.2) is 0 Å². The van der Waals surface area contributed by atoms with E-state index in [0.29, 0.717) is 6.04 Å². The summed E-state index contributed by atoms with van der Waals surface area (Å²) in [5, 5.41) is 3.46. The molecule has 1 saturated carbocycles. The van der Waals surface area contributed by atoms with Crippen molar-refractivity contribution in [3.05, 3.63) is 30.9 Å². The first-order chi connectivity index (χ1) is 6.42. The number of aromatic nitrogens is 2. The summed E-state index contributed by atoms with van der Waals surface area (Å²) in [6, 6.07) is 4.93. The summed E-state index contributed by atoms with van der Waals surface area (Å²) in [4.78, 5) is 4.07. The van der Waals surface area contributed by atoms with Crippen LogP contribution in [0.3, 0.4) is 0 Å². The molecule has 0 unspecified atom stereocenters. The molecule has 0 spiro atoms. The predicted molar refractivity (Wildman–Crippen MR) is 51.8 cm³/mol. The maximum absolute atomic E-state index is 4.07. The number of nitrogens with zero attached hydrogens (tertiary/aromatic N) is 2. The zero-order valence-corrected chi connectivity index (χ0v) is 7.27. The zero-order chi connectivity index (χ0) is 8.67. The number of nitrogens with one attached hydrogen (secondary N) is 1. The van der Waals surface area contributed by atoms with Crippen molar-refractivity contribution in [2.45, 2.75) is 18.9 Å². The van der Waals surface area contributed by atoms with E-state index >= 15 is 0 Å². The van der Waals surface area contributed by atoms with Gasteiger partial charge in [-0.05, 0) is 25.0 Å². The average molecular weight is 173 g/mol. The molecule has 0 atom stereocenters. The molecule has 1 fully saturated rings. The van der Waals surface area contributed by atoms with Crippen molar-refractivity contribution >= 4 is 11.2 Å². The minimum atomic E-state index is 0.713. The fourth-order valence-electron chi connectivity index (χ4n) is 1.47. The Hall–Kier alpha value is -1.51. The van der Waals surface area contributed by atoms with E-state index in [9.17, 15) is 0 Å². The molecule has 2 aromatic rings. The maximum atomic E-state index is 4.07. The van der Waals surface area contributed by atoms with Crippen molar-refractivity contribution in [1.29, 1.82) is 0 Å². The van der Waals surface area contributed by atoms with E-state index in [1.54, 1.807) is 0 Å². The van der Waals surface area contributed by atoms with Gasteiger partial charge >= 0.3 is 0 Å². The number of rotatable bonds is 2. The molecule has 2 aromatic heterocycles. The minimum absolute atomic E-state index is 0.713. The highest BCUT2D eigenvalue weighted by atomic mass is 15.0. The Morgan fingerprint density at radius 2 is 2.38 bits per heavy atom. The summed E-state index contributed by atoms with van der Waals surface area (Å²) in [5.74, 6) is 0. The number of hydrogen-bond acceptors (Lipinski definition) is 2. The Balaban J connectivity index is 1.99. The van der Waals surface area contributed by atoms with Crippen LogP contribution in [0, 0.1) is 0 Å². The van der Waals surface area contributed by atoms with Crippen molar-refractivity contribution in [2.24, 2.45) is 0 Å². The van der Waals surface area contributed by atoms with Crippen LogP contribution in [0.15, 0.2) is 30.9 Å². The first-order valence-electron chi connectivity index (χ1n) is 4.60. The van der Waals surface area contributed by atoms with Gasteiger partial charge in [-0.25, -0.2) is 4.98 Å². The van der Waals surface area contributed by atoms with Gasteiger partial charge in [0.05, 0.1) is 18.0 Å². The zero-order valence-electron chi connectivity index (χ0n) is 7.27. The summed E-state index contributed by atoms with van der Waals surface area (Å²) in [7, 11) is 0. The van der Waals surface area contributed by atoms with Gasteiger partial charge in [-0.15, -0.1) is 0 Å². The summed E-state index contributed by atoms with van der Waals surface area (Å²) in [5.41, 5.74) is 2.35. The van der Waals surface area contributed by atoms with Gasteiger partial charge < -0.3 is 9.72 Å². The highest BCUT2D eigenvalue weighted by Gasteiger charge is 2.20. The van der Waals surface area contributed by atoms with Crippen LogP contribution in [0.2, 0.25) is 0 Å². The van der Waals surface area contributed by atoms with Crippen LogP contribution in [-0.4, -0.2) is 15.4 Å². The van der Waals surface area contributed by atoms with E-state index in [0.717, 1.165) is 5.52 Å². The molecule has 0 aromatic carbocycles. The first kappa shape index (κ1) is 6.95. The van der Waals surface area contributed by atoms with Gasteiger partial charge in [-0.1, -0.05) is 0 Å². The van der Waals surface area contributed by atoms with E-state index in [1.807, 2.05) is 23.1 Å². The third kappa shape index (κ3) is 1.26. The maximum Gasteiger partial charge on any atom is 0.0992 e. The molecule has 0 saturated heterocycles. The molecule has 1 N–H and O–H groups in total. The predicted octanol–water partition coefficient (Wildman–Crippen LogP) is 1.91. The molecule has 3 heteroatoms. The van der Waals surface area contributed by atoms with Crippen molar-refractivity contribution < 1.29 is 0 Å². The SMILES string of the molecule is c1cn2cncc2cc1NC1CC1. The Morgan fingerprint density at radius 3 is 3.23 bits per heavy atom. The van der Waals surface area contributed by atoms with E-state index < -0.39 is 0 Å². The van der Waals surface area contributed by atoms with Gasteiger partial charge in [0.2, 0.25) is 0 Å². The summed E-state index contributed by atoms with van der Waals surface area (Å²) in [6.07, 6.45) is 8.34. The summed E-state index contributed by atoms with van der Waals surface area (Å²) >= 11 is 0. The lowest BCUT2D eigenvalue weighted by atomic mass is 10.3. The fourth-order valence-corrected chi connectivity index (χ4v) is 1.47. The monoisotopic (exact) mass is 173 g/mol. The Bertz CT molecular complexity index is 428. The fraction of sp³-hybridized carbons (Fsp3) is 0.300. The highest BCUT2D eigenvalue weighted by Crippen LogP contribution is 2.24. The van der Waals surface area contributed by atoms with E-state index in [1.165, 1.54) is 18.5 Å². The molecular weight excluding hydrogens is 162 g/mol. The number of anilines is 1. The first-order valence-corrected chi connectivity index (χ1v) is 4.60. The molecule has 66 valence electrons. The molecule has 0 bridgehead atoms. The van der Waals surface area contributed by atoms with Gasteiger partial charge in [0.1, 0.15) is 0 Å². The van der Waals surface area contributed by atoms with Gasteiger partial charge in [0.25, 0.3) is 0 Å². The van der Waals surface area contributed by atoms with Crippen LogP contribution in [0.4, 0.5) is 5.69 Å². The van der Waals surface area contributed by atoms with E-state index in [4.69, 9.17) is 0 Å². The molecule has 0 aliphatic heterocycles. The van der Waals surface area contributed by atoms with Crippen molar-refractivity contribution in [3.63, 3.8) is 0 Å². The molecule has 3 nitrogen and oxygen atoms in total. The second-order valence-corrected chi connectivity index (χ2v) is 3.56. The van der Waals surface area contributed by atoms with Crippen LogP contribution < -0.4 is 5.32 Å². The highest BCUT2D eigenvalue weighted by molar-refractivity contribution is 5.58. The van der Waals surface area contributed by atoms with Crippen LogP contribution in [0.25, 0.3) is 5.52 Å². The molecular formula is C10H11N3. The third-order valence-corrected chi connectivity index (χ3v) is 2.36. The normalized spacial score (nSPS) is 16.3. The largest absolute Gasteiger partial charge is 0.382 e. The number of fused-ring (bicyclic) bond motifs is 1. The average Bonchev–Trinajstić information content (AvgIpc) is 2.83. The number of pyridine rings is 1. The van der Waals surface area contributed by atoms with Crippen molar-refractivity contribution in [1.82, 2.24) is 9.38 Å². The van der Waals surface area contributed by atoms with Crippen LogP contribution in [0.5, 0.6) is 0 Å². The summed E-state index contributed by atoms with van der Waals surface area (Å²) in [6.45, 7) is 0. The standard InChI is InChI=1S/C10H11N3/c1-2-8(1)12-9-3-4-13-7-11-6-10(13)5-9/h3-8,12H,1-2H2. The number of imidazole rings is 1. The van der Waals surface area contributed by atoms with Gasteiger partial charge in [-0.2, -0.15) is 0 Å². The Labute approximate surface area is 76.4 Å². The Kier molecular flexibility index (Phi) is 1.33. The smallest absolute Gasteiger partial charge is 0.0992 e. The molecule has 2 heterocycles. The summed E-state index contributed by atoms with van der Waals surface area (Å²) < 4.78 is 2.01. The molecule has 13 heavy (non-hydrogen) atoms. The minimum Gasteiger partial charge on any atom is -0.382 e. The molecule has 0 radical (unpaired) electrons.